The second kappa shape index (κ2) is 5.15. The van der Waals surface area contributed by atoms with E-state index in [0.717, 1.165) is 28.5 Å². The first-order valence-electron chi connectivity index (χ1n) is 7.26. The first kappa shape index (κ1) is 12.8. The Balaban J connectivity index is 1.82. The van der Waals surface area contributed by atoms with E-state index in [1.54, 1.807) is 0 Å². The maximum Gasteiger partial charge on any atom is 0.152 e. The molecule has 3 aromatic rings. The van der Waals surface area contributed by atoms with Gasteiger partial charge in [-0.25, -0.2) is 0 Å². The molecule has 0 fully saturated rings. The average Bonchev–Trinajstić information content (AvgIpc) is 2.60. The zero-order valence-electron chi connectivity index (χ0n) is 11.9. The largest absolute Gasteiger partial charge is 0.480 e. The van der Waals surface area contributed by atoms with E-state index < -0.39 is 0 Å². The van der Waals surface area contributed by atoms with Gasteiger partial charge in [-0.1, -0.05) is 54.6 Å². The number of benzene rings is 3. The zero-order valence-corrected chi connectivity index (χ0v) is 11.9. The molecular weight excluding hydrogens is 272 g/mol. The lowest BCUT2D eigenvalue weighted by Gasteiger charge is -2.25. The van der Waals surface area contributed by atoms with Crippen molar-refractivity contribution >= 4 is 23.1 Å². The van der Waals surface area contributed by atoms with Gasteiger partial charge in [-0.15, -0.1) is 0 Å². The Hall–Kier alpha value is -2.87. The Bertz CT molecular complexity index is 893. The Morgan fingerprint density at radius 2 is 1.64 bits per heavy atom. The lowest BCUT2D eigenvalue weighted by Crippen LogP contribution is -2.15. The molecule has 1 heterocycles. The molecule has 1 atom stereocenters. The number of ether oxygens (including phenoxy) is 1. The third kappa shape index (κ3) is 2.09. The molecule has 1 aliphatic heterocycles. The topological polar surface area (TPSA) is 26.3 Å². The van der Waals surface area contributed by atoms with Crippen LogP contribution in [-0.2, 0) is 4.79 Å². The standard InChI is InChI=1S/C20H14O2/c21-13-18-12-16-7-3-4-8-19(16)22-20(18)17-10-9-14-5-1-2-6-15(14)11-17/h1-13,20H. The SMILES string of the molecule is O=CC1=Cc2ccccc2OC1c1ccc2ccccc2c1. The molecule has 0 bridgehead atoms. The Morgan fingerprint density at radius 1 is 0.864 bits per heavy atom. The minimum Gasteiger partial charge on any atom is -0.480 e. The molecule has 0 N–H and O–H groups in total. The van der Waals surface area contributed by atoms with Crippen LogP contribution in [0.25, 0.3) is 16.8 Å². The highest BCUT2D eigenvalue weighted by Crippen LogP contribution is 2.37. The molecule has 0 aliphatic carbocycles. The molecule has 0 spiro atoms. The summed E-state index contributed by atoms with van der Waals surface area (Å²) in [7, 11) is 0. The normalized spacial score (nSPS) is 16.5. The molecule has 1 unspecified atom stereocenters. The molecule has 0 saturated carbocycles. The molecule has 2 nitrogen and oxygen atoms in total. The van der Waals surface area contributed by atoms with E-state index >= 15 is 0 Å². The van der Waals surface area contributed by atoms with Crippen molar-refractivity contribution in [1.82, 2.24) is 0 Å². The summed E-state index contributed by atoms with van der Waals surface area (Å²) in [6, 6.07) is 22.1. The van der Waals surface area contributed by atoms with Crippen LogP contribution in [0.1, 0.15) is 17.2 Å². The van der Waals surface area contributed by atoms with E-state index in [0.29, 0.717) is 5.57 Å². The number of aldehydes is 1. The fourth-order valence-electron chi connectivity index (χ4n) is 2.88. The van der Waals surface area contributed by atoms with Crippen molar-refractivity contribution in [1.29, 1.82) is 0 Å². The van der Waals surface area contributed by atoms with E-state index in [4.69, 9.17) is 4.74 Å². The molecule has 2 heteroatoms. The molecule has 4 rings (SSSR count). The molecule has 0 saturated heterocycles. The van der Waals surface area contributed by atoms with Crippen LogP contribution in [0, 0.1) is 0 Å². The van der Waals surface area contributed by atoms with Crippen LogP contribution in [0.2, 0.25) is 0 Å². The molecule has 3 aromatic carbocycles. The quantitative estimate of drug-likeness (QED) is 0.646. The molecule has 1 aliphatic rings. The average molecular weight is 286 g/mol. The highest BCUT2D eigenvalue weighted by Gasteiger charge is 2.24. The predicted octanol–water partition coefficient (Wildman–Crippen LogP) is 4.56. The predicted molar refractivity (Wildman–Crippen MR) is 87.8 cm³/mol. The number of rotatable bonds is 2. The highest BCUT2D eigenvalue weighted by molar-refractivity contribution is 5.87. The lowest BCUT2D eigenvalue weighted by molar-refractivity contribution is -0.105. The molecule has 0 amide bonds. The fraction of sp³-hybridized carbons (Fsp3) is 0.0500. The number of hydrogen-bond donors (Lipinski definition) is 0. The third-order valence-corrected chi connectivity index (χ3v) is 4.00. The molecular formula is C20H14O2. The van der Waals surface area contributed by atoms with Crippen LogP contribution in [-0.4, -0.2) is 6.29 Å². The number of fused-ring (bicyclic) bond motifs is 2. The summed E-state index contributed by atoms with van der Waals surface area (Å²) >= 11 is 0. The highest BCUT2D eigenvalue weighted by atomic mass is 16.5. The van der Waals surface area contributed by atoms with Crippen molar-refractivity contribution in [2.24, 2.45) is 0 Å². The first-order chi connectivity index (χ1) is 10.8. The van der Waals surface area contributed by atoms with Crippen LogP contribution >= 0.6 is 0 Å². The van der Waals surface area contributed by atoms with E-state index in [9.17, 15) is 4.79 Å². The maximum absolute atomic E-state index is 11.5. The van der Waals surface area contributed by atoms with Gasteiger partial charge in [0.05, 0.1) is 0 Å². The van der Waals surface area contributed by atoms with Gasteiger partial charge in [0.2, 0.25) is 0 Å². The second-order valence-corrected chi connectivity index (χ2v) is 5.40. The van der Waals surface area contributed by atoms with Gasteiger partial charge in [-0.3, -0.25) is 4.79 Å². The Kier molecular flexibility index (Phi) is 3.01. The third-order valence-electron chi connectivity index (χ3n) is 4.00. The molecule has 0 radical (unpaired) electrons. The van der Waals surface area contributed by atoms with Gasteiger partial charge >= 0.3 is 0 Å². The van der Waals surface area contributed by atoms with Crippen molar-refractivity contribution in [3.8, 4) is 5.75 Å². The van der Waals surface area contributed by atoms with Gasteiger partial charge < -0.3 is 4.74 Å². The van der Waals surface area contributed by atoms with Crippen molar-refractivity contribution < 1.29 is 9.53 Å². The second-order valence-electron chi connectivity index (χ2n) is 5.40. The number of hydrogen-bond acceptors (Lipinski definition) is 2. The summed E-state index contributed by atoms with van der Waals surface area (Å²) in [6.07, 6.45) is 2.44. The fourth-order valence-corrected chi connectivity index (χ4v) is 2.88. The Labute approximate surface area is 128 Å². The zero-order chi connectivity index (χ0) is 14.9. The molecule has 106 valence electrons. The number of carbonyl (C=O) groups is 1. The summed E-state index contributed by atoms with van der Waals surface area (Å²) in [4.78, 5) is 11.5. The van der Waals surface area contributed by atoms with Gasteiger partial charge in [0.1, 0.15) is 12.0 Å². The van der Waals surface area contributed by atoms with Gasteiger partial charge in [0.25, 0.3) is 0 Å². The van der Waals surface area contributed by atoms with Gasteiger partial charge in [-0.05, 0) is 34.5 Å². The van der Waals surface area contributed by atoms with Crippen LogP contribution < -0.4 is 4.74 Å². The van der Waals surface area contributed by atoms with Gasteiger partial charge in [-0.2, -0.15) is 0 Å². The van der Waals surface area contributed by atoms with Gasteiger partial charge in [0.15, 0.2) is 6.10 Å². The summed E-state index contributed by atoms with van der Waals surface area (Å²) in [5.41, 5.74) is 2.59. The number of carbonyl (C=O) groups excluding carboxylic acids is 1. The molecule has 22 heavy (non-hydrogen) atoms. The first-order valence-corrected chi connectivity index (χ1v) is 7.26. The summed E-state index contributed by atoms with van der Waals surface area (Å²) in [6.45, 7) is 0. The lowest BCUT2D eigenvalue weighted by atomic mass is 9.95. The van der Waals surface area contributed by atoms with Crippen molar-refractivity contribution in [2.45, 2.75) is 6.10 Å². The minimum atomic E-state index is -0.350. The van der Waals surface area contributed by atoms with Crippen LogP contribution in [0.3, 0.4) is 0 Å². The van der Waals surface area contributed by atoms with Crippen LogP contribution in [0.4, 0.5) is 0 Å². The van der Waals surface area contributed by atoms with E-state index in [2.05, 4.69) is 24.3 Å². The van der Waals surface area contributed by atoms with Crippen molar-refractivity contribution in [3.63, 3.8) is 0 Å². The van der Waals surface area contributed by atoms with Crippen molar-refractivity contribution in [2.75, 3.05) is 0 Å². The van der Waals surface area contributed by atoms with Gasteiger partial charge in [0, 0.05) is 11.1 Å². The monoisotopic (exact) mass is 286 g/mol. The molecule has 0 aromatic heterocycles. The maximum atomic E-state index is 11.5. The number of para-hydroxylation sites is 1. The smallest absolute Gasteiger partial charge is 0.152 e. The van der Waals surface area contributed by atoms with E-state index in [1.165, 1.54) is 5.39 Å². The van der Waals surface area contributed by atoms with E-state index in [1.807, 2.05) is 48.5 Å². The summed E-state index contributed by atoms with van der Waals surface area (Å²) in [5, 5.41) is 2.33. The van der Waals surface area contributed by atoms with Crippen LogP contribution in [0.15, 0.2) is 72.3 Å². The summed E-state index contributed by atoms with van der Waals surface area (Å²) < 4.78 is 6.07. The summed E-state index contributed by atoms with van der Waals surface area (Å²) in [5.74, 6) is 0.811. The Morgan fingerprint density at radius 3 is 2.50 bits per heavy atom. The van der Waals surface area contributed by atoms with E-state index in [-0.39, 0.29) is 6.10 Å². The van der Waals surface area contributed by atoms with Crippen molar-refractivity contribution in [3.05, 3.63) is 83.4 Å². The minimum absolute atomic E-state index is 0.350. The van der Waals surface area contributed by atoms with Crippen LogP contribution in [0.5, 0.6) is 5.75 Å².